The van der Waals surface area contributed by atoms with Crippen LogP contribution in [0, 0.1) is 17.2 Å². The molecule has 0 aliphatic heterocycles. The van der Waals surface area contributed by atoms with Gasteiger partial charge in [0.25, 0.3) is 11.8 Å². The van der Waals surface area contributed by atoms with Crippen molar-refractivity contribution >= 4 is 46.0 Å². The van der Waals surface area contributed by atoms with E-state index in [-0.39, 0.29) is 11.6 Å². The number of hydrogen-bond donors (Lipinski definition) is 2. The third kappa shape index (κ3) is 9.42. The highest BCUT2D eigenvalue weighted by Gasteiger charge is 2.52. The van der Waals surface area contributed by atoms with Crippen LogP contribution in [0.5, 0.6) is 0 Å². The lowest BCUT2D eigenvalue weighted by molar-refractivity contribution is -2.00. The van der Waals surface area contributed by atoms with E-state index in [0.29, 0.717) is 11.3 Å². The van der Waals surface area contributed by atoms with Crippen LogP contribution in [0.25, 0.3) is 5.31 Å². The number of hydrogen-bond acceptors (Lipinski definition) is 6. The van der Waals surface area contributed by atoms with Crippen molar-refractivity contribution in [2.75, 3.05) is 5.32 Å². The van der Waals surface area contributed by atoms with Gasteiger partial charge >= 0.3 is 0 Å². The van der Waals surface area contributed by atoms with Crippen molar-refractivity contribution in [3.05, 3.63) is 198 Å². The van der Waals surface area contributed by atoms with Gasteiger partial charge in [0.2, 0.25) is 0 Å². The maximum absolute atomic E-state index is 14.8. The van der Waals surface area contributed by atoms with Crippen molar-refractivity contribution in [1.82, 2.24) is 5.32 Å². The van der Waals surface area contributed by atoms with Crippen LogP contribution < -0.4 is 45.2 Å². The molecule has 0 aliphatic carbocycles. The molecule has 0 bridgehead atoms. The summed E-state index contributed by atoms with van der Waals surface area (Å²) in [6.45, 7) is 2.00. The maximum Gasteiger partial charge on any atom is 0.276 e. The third-order valence-corrected chi connectivity index (χ3v) is 12.2. The minimum Gasteiger partial charge on any atom is -0.321 e. The molecule has 256 valence electrons. The lowest BCUT2D eigenvalue weighted by atomic mass is 10.1. The molecule has 0 saturated carbocycles. The van der Waals surface area contributed by atoms with E-state index in [1.165, 1.54) is 0 Å². The summed E-state index contributed by atoms with van der Waals surface area (Å²) >= 11 is 0. The average molecular weight is 717 g/mol. The van der Waals surface area contributed by atoms with Crippen LogP contribution in [0.1, 0.15) is 21.5 Å². The summed E-state index contributed by atoms with van der Waals surface area (Å²) in [5.74, 6) is -0.769. The zero-order valence-corrected chi connectivity index (χ0v) is 29.2. The number of halogens is 1. The van der Waals surface area contributed by atoms with Crippen molar-refractivity contribution in [3.8, 4) is 0 Å². The van der Waals surface area contributed by atoms with Crippen LogP contribution in [-0.2, 0) is 4.79 Å². The number of amides is 2. The molecule has 2 N–H and O–H groups in total. The normalized spacial score (nSPS) is 11.7. The topological polar surface area (TPSA) is 150 Å². The summed E-state index contributed by atoms with van der Waals surface area (Å²) in [7, 11) is -7.80. The second-order valence-electron chi connectivity index (χ2n) is 11.3. The first-order valence-corrected chi connectivity index (χ1v) is 18.8. The van der Waals surface area contributed by atoms with E-state index in [2.05, 4.69) is 47.0 Å². The summed E-state index contributed by atoms with van der Waals surface area (Å²) in [4.78, 5) is 28.8. The van der Waals surface area contributed by atoms with Crippen LogP contribution in [0.15, 0.2) is 182 Å². The summed E-state index contributed by atoms with van der Waals surface area (Å²) in [5, 5.41) is 10.2. The number of nitrogens with one attached hydrogen (secondary N) is 2. The highest BCUT2D eigenvalue weighted by atomic mass is 35.7. The Morgan fingerprint density at radius 2 is 0.863 bits per heavy atom. The van der Waals surface area contributed by atoms with Crippen LogP contribution in [0.2, 0.25) is 0 Å². The van der Waals surface area contributed by atoms with Gasteiger partial charge in [-0.15, -0.1) is 10.2 Å². The predicted octanol–water partition coefficient (Wildman–Crippen LogP) is 2.97. The summed E-state index contributed by atoms with van der Waals surface area (Å²) in [6, 6.07) is 57.6. The van der Waals surface area contributed by atoms with Gasteiger partial charge in [-0.25, -0.2) is 18.6 Å². The molecule has 0 unspecified atom stereocenters. The third-order valence-electron chi connectivity index (χ3n) is 7.86. The fourth-order valence-electron chi connectivity index (χ4n) is 5.72. The molecule has 51 heavy (non-hydrogen) atoms. The SMILES string of the molecule is Cc1ccc(NC(=O)/C(NC(=O)c2ccccc2)=C(\c2ccccc2)[P+](c2ccccc2)(c2ccccc2)c2ccccc2)cc1.[O-][Cl+3]([O-])([O-])[O-]. The van der Waals surface area contributed by atoms with E-state index < -0.39 is 23.4 Å². The van der Waals surface area contributed by atoms with Gasteiger partial charge in [-0.05, 0) is 67.6 Å². The molecule has 0 fully saturated rings. The van der Waals surface area contributed by atoms with Crippen molar-refractivity contribution in [3.63, 3.8) is 0 Å². The lowest BCUT2D eigenvalue weighted by Crippen LogP contribution is -2.68. The zero-order chi connectivity index (χ0) is 36.3. The Kier molecular flexibility index (Phi) is 12.3. The minimum atomic E-state index is -4.94. The Labute approximate surface area is 299 Å². The molecule has 0 aromatic heterocycles. The molecule has 6 aromatic rings. The van der Waals surface area contributed by atoms with Gasteiger partial charge in [0, 0.05) is 16.8 Å². The number of anilines is 1. The van der Waals surface area contributed by atoms with Crippen LogP contribution in [0.4, 0.5) is 5.69 Å². The molecule has 0 aliphatic rings. The molecular weight excluding hydrogens is 683 g/mol. The molecule has 2 amide bonds. The molecule has 0 radical (unpaired) electrons. The number of carbonyl (C=O) groups is 2. The van der Waals surface area contributed by atoms with E-state index in [1.54, 1.807) is 12.1 Å². The second-order valence-corrected chi connectivity index (χ2v) is 15.4. The van der Waals surface area contributed by atoms with Gasteiger partial charge in [0.05, 0.1) is 0 Å². The second kappa shape index (κ2) is 17.0. The predicted molar refractivity (Wildman–Crippen MR) is 192 cm³/mol. The van der Waals surface area contributed by atoms with Gasteiger partial charge in [-0.2, -0.15) is 0 Å². The molecule has 0 saturated heterocycles. The number of aryl methyl sites for hydroxylation is 1. The zero-order valence-electron chi connectivity index (χ0n) is 27.5. The first-order chi connectivity index (χ1) is 24.6. The molecule has 8 nitrogen and oxygen atoms in total. The standard InChI is InChI=1S/C41H33N2O2P.ClHO4/c1-31-27-29-34(30-28-31)42-41(45)38(43-40(44)33-19-9-3-10-20-33)39(32-17-7-2-8-18-32)46(35-21-11-4-12-22-35,36-23-13-5-14-24-36)37-25-15-6-16-26-37;2-1(3,4)5/h2-30H,1H3,(H-,42,43,44,45);(H,2,3,4,5)/b39-38-;. The first-order valence-electron chi connectivity index (χ1n) is 15.8. The molecule has 6 rings (SSSR count). The highest BCUT2D eigenvalue weighted by Crippen LogP contribution is 2.67. The first kappa shape index (κ1) is 36.8. The maximum atomic E-state index is 14.8. The van der Waals surface area contributed by atoms with E-state index in [1.807, 2.05) is 134 Å². The van der Waals surface area contributed by atoms with Crippen LogP contribution >= 0.6 is 7.26 Å². The quantitative estimate of drug-likeness (QED) is 0.174. The Bertz CT molecular complexity index is 1960. The highest BCUT2D eigenvalue weighted by molar-refractivity contribution is 8.03. The van der Waals surface area contributed by atoms with Gasteiger partial charge in [0.15, 0.2) is 5.70 Å². The van der Waals surface area contributed by atoms with E-state index >= 15 is 0 Å². The Hall–Kier alpha value is -5.44. The Morgan fingerprint density at radius 1 is 0.510 bits per heavy atom. The van der Waals surface area contributed by atoms with E-state index in [0.717, 1.165) is 32.4 Å². The number of rotatable bonds is 9. The van der Waals surface area contributed by atoms with Gasteiger partial charge in [-0.3, -0.25) is 9.59 Å². The Morgan fingerprint density at radius 3 is 1.25 bits per heavy atom. The van der Waals surface area contributed by atoms with Gasteiger partial charge in [-0.1, -0.05) is 121 Å². The summed E-state index contributed by atoms with van der Waals surface area (Å²) < 4.78 is 34.0. The van der Waals surface area contributed by atoms with Crippen LogP contribution in [0.3, 0.4) is 0 Å². The fraction of sp³-hybridized carbons (Fsp3) is 0.0244. The van der Waals surface area contributed by atoms with Crippen LogP contribution in [-0.4, -0.2) is 11.8 Å². The fourth-order valence-corrected chi connectivity index (χ4v) is 10.3. The van der Waals surface area contributed by atoms with E-state index in [9.17, 15) is 9.59 Å². The van der Waals surface area contributed by atoms with Gasteiger partial charge < -0.3 is 10.6 Å². The van der Waals surface area contributed by atoms with Crippen molar-refractivity contribution < 1.29 is 38.5 Å². The van der Waals surface area contributed by atoms with Crippen molar-refractivity contribution in [2.24, 2.45) is 0 Å². The Balaban J connectivity index is 0.000000943. The summed E-state index contributed by atoms with van der Waals surface area (Å²) in [6.07, 6.45) is 0. The summed E-state index contributed by atoms with van der Waals surface area (Å²) in [5.41, 5.74) is 3.22. The monoisotopic (exact) mass is 716 g/mol. The average Bonchev–Trinajstić information content (AvgIpc) is 3.15. The molecule has 0 heterocycles. The van der Waals surface area contributed by atoms with Gasteiger partial charge in [0.1, 0.15) is 28.5 Å². The molecule has 6 aromatic carbocycles. The lowest BCUT2D eigenvalue weighted by Gasteiger charge is -2.31. The van der Waals surface area contributed by atoms with Crippen molar-refractivity contribution in [2.45, 2.75) is 6.92 Å². The molecular formula is C41H34ClN2O6P. The largest absolute Gasteiger partial charge is 0.321 e. The number of benzene rings is 6. The molecule has 0 atom stereocenters. The smallest absolute Gasteiger partial charge is 0.276 e. The molecule has 10 heteroatoms. The minimum absolute atomic E-state index is 0.200. The number of carbonyl (C=O) groups excluding carboxylic acids is 2. The van der Waals surface area contributed by atoms with E-state index in [4.69, 9.17) is 18.6 Å². The molecule has 0 spiro atoms. The van der Waals surface area contributed by atoms with Crippen molar-refractivity contribution in [1.29, 1.82) is 0 Å².